The quantitative estimate of drug-likeness (QED) is 0.506. The highest BCUT2D eigenvalue weighted by Gasteiger charge is 2.14. The van der Waals surface area contributed by atoms with E-state index in [9.17, 15) is 18.3 Å². The molecule has 0 fully saturated rings. The number of benzene rings is 1. The lowest BCUT2D eigenvalue weighted by Crippen LogP contribution is -2.24. The number of aromatic hydroxyl groups is 1. The van der Waals surface area contributed by atoms with Gasteiger partial charge in [-0.15, -0.1) is 0 Å². The van der Waals surface area contributed by atoms with Crippen LogP contribution in [0.3, 0.4) is 0 Å². The van der Waals surface area contributed by atoms with Crippen molar-refractivity contribution in [1.82, 2.24) is 4.57 Å². The van der Waals surface area contributed by atoms with Crippen LogP contribution in [0.1, 0.15) is 13.3 Å². The summed E-state index contributed by atoms with van der Waals surface area (Å²) in [5, 5.41) is 12.4. The molecule has 130 valence electrons. The van der Waals surface area contributed by atoms with Crippen molar-refractivity contribution in [2.24, 2.45) is 7.05 Å². The number of carbonyl (C=O) groups is 1. The van der Waals surface area contributed by atoms with E-state index in [1.165, 1.54) is 25.1 Å². The lowest BCUT2D eigenvalue weighted by molar-refractivity contribution is -0.671. The van der Waals surface area contributed by atoms with E-state index in [2.05, 4.69) is 10.0 Å². The Bertz CT molecular complexity index is 830. The van der Waals surface area contributed by atoms with Gasteiger partial charge in [0.05, 0.1) is 25.0 Å². The van der Waals surface area contributed by atoms with Crippen LogP contribution < -0.4 is 14.6 Å². The number of aromatic nitrogens is 2. The number of rotatable bonds is 7. The molecule has 1 heterocycles. The summed E-state index contributed by atoms with van der Waals surface area (Å²) in [6.45, 7) is 1.92. The van der Waals surface area contributed by atoms with E-state index in [-0.39, 0.29) is 23.1 Å². The minimum atomic E-state index is -3.57. The number of nitrogens with zero attached hydrogens (tertiary/aromatic N) is 2. The molecule has 0 radical (unpaired) electrons. The fraction of sp³-hybridized carbons (Fsp3) is 0.333. The van der Waals surface area contributed by atoms with E-state index in [1.807, 2.05) is 34.9 Å². The van der Waals surface area contributed by atoms with Gasteiger partial charge in [-0.2, -0.15) is 0 Å². The molecule has 1 amide bonds. The Labute approximate surface area is 140 Å². The second-order valence-electron chi connectivity index (χ2n) is 5.50. The summed E-state index contributed by atoms with van der Waals surface area (Å²) in [7, 11) is -1.68. The molecule has 0 saturated heterocycles. The number of sulfonamides is 1. The maximum absolute atomic E-state index is 12.1. The third-order valence-electron chi connectivity index (χ3n) is 3.24. The van der Waals surface area contributed by atoms with Crippen LogP contribution in [-0.4, -0.2) is 29.8 Å². The Hall–Kier alpha value is -2.55. The topological polar surface area (TPSA) is 104 Å². The van der Waals surface area contributed by atoms with E-state index < -0.39 is 10.0 Å². The zero-order valence-electron chi connectivity index (χ0n) is 13.6. The van der Waals surface area contributed by atoms with Gasteiger partial charge in [0.1, 0.15) is 18.1 Å². The molecule has 8 nitrogen and oxygen atoms in total. The van der Waals surface area contributed by atoms with Crippen LogP contribution in [0.25, 0.3) is 0 Å². The van der Waals surface area contributed by atoms with Crippen molar-refractivity contribution in [3.05, 3.63) is 36.9 Å². The van der Waals surface area contributed by atoms with Gasteiger partial charge >= 0.3 is 0 Å². The molecule has 3 N–H and O–H groups in total. The van der Waals surface area contributed by atoms with Crippen molar-refractivity contribution < 1.29 is 22.9 Å². The van der Waals surface area contributed by atoms with Crippen LogP contribution >= 0.6 is 0 Å². The number of phenolic OH excluding ortho intramolecular Hbond substituents is 1. The van der Waals surface area contributed by atoms with Gasteiger partial charge in [0.25, 0.3) is 0 Å². The van der Waals surface area contributed by atoms with Crippen molar-refractivity contribution >= 4 is 27.3 Å². The summed E-state index contributed by atoms with van der Waals surface area (Å²) in [5.41, 5.74) is 0.472. The predicted molar refractivity (Wildman–Crippen MR) is 90.0 cm³/mol. The molecule has 0 aliphatic rings. The van der Waals surface area contributed by atoms with Crippen LogP contribution in [0.5, 0.6) is 5.75 Å². The maximum atomic E-state index is 12.1. The van der Waals surface area contributed by atoms with Crippen molar-refractivity contribution in [1.29, 1.82) is 0 Å². The first kappa shape index (κ1) is 17.8. The monoisotopic (exact) mass is 353 g/mol. The molecule has 2 aromatic rings. The molecule has 0 aliphatic carbocycles. The second kappa shape index (κ2) is 7.35. The fourth-order valence-corrected chi connectivity index (χ4v) is 3.31. The molecule has 0 unspecified atom stereocenters. The maximum Gasteiger partial charge on any atom is 0.243 e. The van der Waals surface area contributed by atoms with Crippen molar-refractivity contribution in [2.45, 2.75) is 19.9 Å². The Morgan fingerprint density at radius 3 is 2.71 bits per heavy atom. The highest BCUT2D eigenvalue weighted by molar-refractivity contribution is 7.92. The Morgan fingerprint density at radius 1 is 1.38 bits per heavy atom. The molecular weight excluding hydrogens is 332 g/mol. The number of carbonyl (C=O) groups excluding carboxylic acids is 1. The van der Waals surface area contributed by atoms with Gasteiger partial charge in [0, 0.05) is 25.1 Å². The standard InChI is InChI=1S/C15H20N4O4S/c1-12(20)16-13-4-5-14(15(21)10-13)17-24(22,23)9-3-6-19-8-7-18(2)11-19/h4-5,7-8,10-11,17H,3,6,9H2,1-2H3,(H-,16,20,21)/p+1. The number of imidazole rings is 1. The normalized spacial score (nSPS) is 11.2. The van der Waals surface area contributed by atoms with Crippen LogP contribution in [0, 0.1) is 0 Å². The number of phenols is 1. The van der Waals surface area contributed by atoms with Crippen molar-refractivity contribution in [2.75, 3.05) is 15.8 Å². The minimum Gasteiger partial charge on any atom is -0.506 e. The summed E-state index contributed by atoms with van der Waals surface area (Å²) in [4.78, 5) is 11.0. The van der Waals surface area contributed by atoms with Crippen LogP contribution in [-0.2, 0) is 28.4 Å². The summed E-state index contributed by atoms with van der Waals surface area (Å²) in [6.07, 6.45) is 6.05. The third-order valence-corrected chi connectivity index (χ3v) is 4.59. The van der Waals surface area contributed by atoms with Gasteiger partial charge in [-0.05, 0) is 12.1 Å². The average molecular weight is 353 g/mol. The van der Waals surface area contributed by atoms with Gasteiger partial charge in [-0.3, -0.25) is 9.52 Å². The molecule has 0 spiro atoms. The third kappa shape index (κ3) is 5.27. The van der Waals surface area contributed by atoms with E-state index in [4.69, 9.17) is 0 Å². The van der Waals surface area contributed by atoms with Crippen LogP contribution in [0.2, 0.25) is 0 Å². The summed E-state index contributed by atoms with van der Waals surface area (Å²) in [6, 6.07) is 4.21. The molecule has 0 atom stereocenters. The smallest absolute Gasteiger partial charge is 0.243 e. The first-order valence-electron chi connectivity index (χ1n) is 7.37. The molecule has 1 aromatic carbocycles. The van der Waals surface area contributed by atoms with Crippen molar-refractivity contribution in [3.63, 3.8) is 0 Å². The molecule has 1 aromatic heterocycles. The summed E-state index contributed by atoms with van der Waals surface area (Å²) in [5.74, 6) is -0.592. The van der Waals surface area contributed by atoms with Crippen molar-refractivity contribution in [3.8, 4) is 5.75 Å². The molecule has 0 aliphatic heterocycles. The van der Waals surface area contributed by atoms with E-state index in [1.54, 1.807) is 0 Å². The van der Waals surface area contributed by atoms with Gasteiger partial charge in [-0.1, -0.05) is 0 Å². The Balaban J connectivity index is 1.94. The van der Waals surface area contributed by atoms with Gasteiger partial charge in [-0.25, -0.2) is 17.6 Å². The molecular formula is C15H21N4O4S+. The van der Waals surface area contributed by atoms with Crippen LogP contribution in [0.4, 0.5) is 11.4 Å². The number of hydrogen-bond acceptors (Lipinski definition) is 4. The van der Waals surface area contributed by atoms with E-state index in [0.29, 0.717) is 18.7 Å². The van der Waals surface area contributed by atoms with Gasteiger partial charge in [0.15, 0.2) is 0 Å². The molecule has 9 heteroatoms. The molecule has 24 heavy (non-hydrogen) atoms. The number of anilines is 2. The highest BCUT2D eigenvalue weighted by atomic mass is 32.2. The number of hydrogen-bond donors (Lipinski definition) is 3. The van der Waals surface area contributed by atoms with E-state index >= 15 is 0 Å². The Morgan fingerprint density at radius 2 is 2.12 bits per heavy atom. The zero-order valence-corrected chi connectivity index (χ0v) is 14.4. The predicted octanol–water partition coefficient (Wildman–Crippen LogP) is 0.809. The van der Waals surface area contributed by atoms with E-state index in [0.717, 1.165) is 0 Å². The number of nitrogens with one attached hydrogen (secondary N) is 2. The largest absolute Gasteiger partial charge is 0.506 e. The van der Waals surface area contributed by atoms with Gasteiger partial charge in [0.2, 0.25) is 22.3 Å². The summed E-state index contributed by atoms with van der Waals surface area (Å²) >= 11 is 0. The first-order valence-corrected chi connectivity index (χ1v) is 9.02. The number of amides is 1. The Kier molecular flexibility index (Phi) is 5.45. The average Bonchev–Trinajstić information content (AvgIpc) is 2.86. The zero-order chi connectivity index (χ0) is 17.7. The fourth-order valence-electron chi connectivity index (χ4n) is 2.19. The lowest BCUT2D eigenvalue weighted by Gasteiger charge is -2.10. The lowest BCUT2D eigenvalue weighted by atomic mass is 10.2. The number of aryl methyl sites for hydroxylation is 2. The minimum absolute atomic E-state index is 0.0677. The van der Waals surface area contributed by atoms with Gasteiger partial charge < -0.3 is 10.4 Å². The SMILES string of the molecule is CC(=O)Nc1ccc(NS(=O)(=O)CCCn2cc[n+](C)c2)c(O)c1. The first-order chi connectivity index (χ1) is 11.2. The molecule has 0 saturated carbocycles. The molecule has 2 rings (SSSR count). The highest BCUT2D eigenvalue weighted by Crippen LogP contribution is 2.27. The van der Waals surface area contributed by atoms with Crippen LogP contribution in [0.15, 0.2) is 36.9 Å². The molecule has 0 bridgehead atoms. The second-order valence-corrected chi connectivity index (χ2v) is 7.35. The summed E-state index contributed by atoms with van der Waals surface area (Å²) < 4.78 is 30.3.